The third-order valence-electron chi connectivity index (χ3n) is 2.80. The SMILES string of the molecule is COCCCN(C)C(=O)/C=C/c1ccc(Cl)c([N+](=O)[O-])c1. The number of hydrogen-bond acceptors (Lipinski definition) is 4. The van der Waals surface area contributed by atoms with Crippen molar-refractivity contribution >= 4 is 29.3 Å². The smallest absolute Gasteiger partial charge is 0.288 e. The highest BCUT2D eigenvalue weighted by molar-refractivity contribution is 6.32. The molecule has 0 fully saturated rings. The number of likely N-dealkylation sites (N-methyl/N-ethyl adjacent to an activating group) is 1. The van der Waals surface area contributed by atoms with E-state index < -0.39 is 4.92 Å². The van der Waals surface area contributed by atoms with E-state index >= 15 is 0 Å². The van der Waals surface area contributed by atoms with E-state index in [1.807, 2.05) is 0 Å². The summed E-state index contributed by atoms with van der Waals surface area (Å²) in [5, 5.41) is 10.8. The molecule has 0 saturated heterocycles. The van der Waals surface area contributed by atoms with E-state index in [9.17, 15) is 14.9 Å². The minimum absolute atomic E-state index is 0.0696. The third-order valence-corrected chi connectivity index (χ3v) is 3.12. The highest BCUT2D eigenvalue weighted by Gasteiger charge is 2.12. The van der Waals surface area contributed by atoms with Gasteiger partial charge in [0.2, 0.25) is 5.91 Å². The molecule has 6 nitrogen and oxygen atoms in total. The Morgan fingerprint density at radius 1 is 1.52 bits per heavy atom. The molecule has 0 aliphatic heterocycles. The molecule has 0 aliphatic carbocycles. The van der Waals surface area contributed by atoms with Crippen molar-refractivity contribution in [3.05, 3.63) is 45.0 Å². The summed E-state index contributed by atoms with van der Waals surface area (Å²) in [7, 11) is 3.29. The summed E-state index contributed by atoms with van der Waals surface area (Å²) in [6, 6.07) is 4.38. The normalized spacial score (nSPS) is 10.8. The first-order valence-corrected chi connectivity index (χ1v) is 6.69. The Bertz CT molecular complexity index is 546. The van der Waals surface area contributed by atoms with Crippen molar-refractivity contribution in [1.29, 1.82) is 0 Å². The molecule has 1 aromatic rings. The number of nitro groups is 1. The van der Waals surface area contributed by atoms with Crippen molar-refractivity contribution in [3.63, 3.8) is 0 Å². The lowest BCUT2D eigenvalue weighted by Crippen LogP contribution is -2.26. The third kappa shape index (κ3) is 5.53. The van der Waals surface area contributed by atoms with Crippen LogP contribution < -0.4 is 0 Å². The zero-order valence-electron chi connectivity index (χ0n) is 11.9. The highest BCUT2D eigenvalue weighted by Crippen LogP contribution is 2.25. The van der Waals surface area contributed by atoms with Crippen LogP contribution in [0.4, 0.5) is 5.69 Å². The fraction of sp³-hybridized carbons (Fsp3) is 0.357. The van der Waals surface area contributed by atoms with Gasteiger partial charge in [0.15, 0.2) is 0 Å². The van der Waals surface area contributed by atoms with E-state index in [1.165, 1.54) is 24.3 Å². The van der Waals surface area contributed by atoms with Crippen molar-refractivity contribution in [2.24, 2.45) is 0 Å². The molecule has 1 amide bonds. The molecule has 0 spiro atoms. The van der Waals surface area contributed by atoms with E-state index in [4.69, 9.17) is 16.3 Å². The van der Waals surface area contributed by atoms with Gasteiger partial charge in [-0.2, -0.15) is 0 Å². The molecule has 0 radical (unpaired) electrons. The minimum Gasteiger partial charge on any atom is -0.385 e. The summed E-state index contributed by atoms with van der Waals surface area (Å²) < 4.78 is 4.92. The maximum Gasteiger partial charge on any atom is 0.288 e. The standard InChI is InChI=1S/C14H17ClN2O4/c1-16(8-3-9-21-2)14(18)7-5-11-4-6-12(15)13(10-11)17(19)20/h4-7,10H,3,8-9H2,1-2H3/b7-5+. The molecule has 1 rings (SSSR count). The lowest BCUT2D eigenvalue weighted by atomic mass is 10.2. The average Bonchev–Trinajstić information content (AvgIpc) is 2.45. The zero-order chi connectivity index (χ0) is 15.8. The van der Waals surface area contributed by atoms with Crippen LogP contribution in [0.5, 0.6) is 0 Å². The van der Waals surface area contributed by atoms with Crippen LogP contribution in [0.1, 0.15) is 12.0 Å². The van der Waals surface area contributed by atoms with Gasteiger partial charge in [-0.3, -0.25) is 14.9 Å². The van der Waals surface area contributed by atoms with Crippen LogP contribution in [0.15, 0.2) is 24.3 Å². The van der Waals surface area contributed by atoms with Gasteiger partial charge in [0, 0.05) is 39.5 Å². The Balaban J connectivity index is 2.69. The van der Waals surface area contributed by atoms with Gasteiger partial charge in [0.1, 0.15) is 5.02 Å². The van der Waals surface area contributed by atoms with Gasteiger partial charge in [-0.25, -0.2) is 0 Å². The predicted octanol–water partition coefficient (Wildman–Crippen LogP) is 2.76. The molecule has 0 unspecified atom stereocenters. The van der Waals surface area contributed by atoms with Crippen LogP contribution in [-0.4, -0.2) is 43.0 Å². The summed E-state index contributed by atoms with van der Waals surface area (Å²) in [6.07, 6.45) is 3.65. The lowest BCUT2D eigenvalue weighted by Gasteiger charge is -2.14. The number of hydrogen-bond donors (Lipinski definition) is 0. The number of nitro benzene ring substituents is 1. The summed E-state index contributed by atoms with van der Waals surface area (Å²) in [4.78, 5) is 23.6. The first-order valence-electron chi connectivity index (χ1n) is 6.31. The summed E-state index contributed by atoms with van der Waals surface area (Å²) in [6.45, 7) is 1.17. The Hall–Kier alpha value is -1.92. The van der Waals surface area contributed by atoms with Crippen LogP contribution in [0.2, 0.25) is 5.02 Å². The van der Waals surface area contributed by atoms with Crippen molar-refractivity contribution in [2.45, 2.75) is 6.42 Å². The monoisotopic (exact) mass is 312 g/mol. The molecule has 0 aliphatic rings. The van der Waals surface area contributed by atoms with E-state index in [2.05, 4.69) is 0 Å². The van der Waals surface area contributed by atoms with E-state index in [1.54, 1.807) is 25.1 Å². The van der Waals surface area contributed by atoms with Crippen LogP contribution >= 0.6 is 11.6 Å². The van der Waals surface area contributed by atoms with Gasteiger partial charge >= 0.3 is 0 Å². The maximum atomic E-state index is 11.8. The number of rotatable bonds is 7. The second-order valence-electron chi connectivity index (χ2n) is 4.41. The quantitative estimate of drug-likeness (QED) is 0.336. The van der Waals surface area contributed by atoms with E-state index in [0.29, 0.717) is 18.7 Å². The Kier molecular flexibility index (Phi) is 6.84. The second kappa shape index (κ2) is 8.39. The number of benzene rings is 1. The number of carbonyl (C=O) groups is 1. The number of methoxy groups -OCH3 is 1. The van der Waals surface area contributed by atoms with Crippen LogP contribution in [0.3, 0.4) is 0 Å². The number of halogens is 1. The first-order chi connectivity index (χ1) is 9.95. The van der Waals surface area contributed by atoms with Gasteiger partial charge in [-0.1, -0.05) is 17.7 Å². The van der Waals surface area contributed by atoms with Crippen LogP contribution in [-0.2, 0) is 9.53 Å². The summed E-state index contributed by atoms with van der Waals surface area (Å²) >= 11 is 5.72. The predicted molar refractivity (Wildman–Crippen MR) is 81.3 cm³/mol. The zero-order valence-corrected chi connectivity index (χ0v) is 12.7. The fourth-order valence-electron chi connectivity index (χ4n) is 1.62. The van der Waals surface area contributed by atoms with E-state index in [-0.39, 0.29) is 16.6 Å². The van der Waals surface area contributed by atoms with Crippen molar-refractivity contribution in [3.8, 4) is 0 Å². The van der Waals surface area contributed by atoms with Crippen LogP contribution in [0.25, 0.3) is 6.08 Å². The molecule has 114 valence electrons. The molecule has 21 heavy (non-hydrogen) atoms. The highest BCUT2D eigenvalue weighted by atomic mass is 35.5. The molecule has 0 bridgehead atoms. The molecule has 0 heterocycles. The van der Waals surface area contributed by atoms with Crippen LogP contribution in [0, 0.1) is 10.1 Å². The fourth-order valence-corrected chi connectivity index (χ4v) is 1.81. The largest absolute Gasteiger partial charge is 0.385 e. The number of amides is 1. The lowest BCUT2D eigenvalue weighted by molar-refractivity contribution is -0.384. The molecular weight excluding hydrogens is 296 g/mol. The van der Waals surface area contributed by atoms with E-state index in [0.717, 1.165) is 6.42 Å². The number of nitrogens with zero attached hydrogens (tertiary/aromatic N) is 2. The molecule has 0 aromatic heterocycles. The maximum absolute atomic E-state index is 11.8. The minimum atomic E-state index is -0.557. The van der Waals surface area contributed by atoms with Crippen molar-refractivity contribution < 1.29 is 14.5 Å². The molecule has 0 N–H and O–H groups in total. The van der Waals surface area contributed by atoms with Crippen molar-refractivity contribution in [2.75, 3.05) is 27.3 Å². The number of carbonyl (C=O) groups excluding carboxylic acids is 1. The molecule has 0 saturated carbocycles. The molecule has 1 aromatic carbocycles. The Morgan fingerprint density at radius 3 is 2.86 bits per heavy atom. The van der Waals surface area contributed by atoms with Gasteiger partial charge in [-0.05, 0) is 24.1 Å². The van der Waals surface area contributed by atoms with Gasteiger partial charge in [0.05, 0.1) is 4.92 Å². The average molecular weight is 313 g/mol. The van der Waals surface area contributed by atoms with Gasteiger partial charge < -0.3 is 9.64 Å². The summed E-state index contributed by atoms with van der Waals surface area (Å²) in [5.74, 6) is -0.177. The second-order valence-corrected chi connectivity index (χ2v) is 4.81. The first kappa shape index (κ1) is 17.1. The topological polar surface area (TPSA) is 72.7 Å². The molecule has 7 heteroatoms. The Labute approximate surface area is 128 Å². The summed E-state index contributed by atoms with van der Waals surface area (Å²) in [5.41, 5.74) is 0.365. The molecule has 0 atom stereocenters. The Morgan fingerprint density at radius 2 is 2.24 bits per heavy atom. The van der Waals surface area contributed by atoms with Gasteiger partial charge in [0.25, 0.3) is 5.69 Å². The van der Waals surface area contributed by atoms with Gasteiger partial charge in [-0.15, -0.1) is 0 Å². The molecular formula is C14H17ClN2O4. The van der Waals surface area contributed by atoms with Crippen molar-refractivity contribution in [1.82, 2.24) is 4.90 Å². The number of ether oxygens (including phenoxy) is 1.